The maximum atomic E-state index is 11.6. The predicted molar refractivity (Wildman–Crippen MR) is 81.8 cm³/mol. The fraction of sp³-hybridized carbons (Fsp3) is 0.500. The first kappa shape index (κ1) is 17.5. The molecule has 0 radical (unpaired) electrons. The summed E-state index contributed by atoms with van der Waals surface area (Å²) >= 11 is 0. The molecule has 0 atom stereocenters. The van der Waals surface area contributed by atoms with Gasteiger partial charge in [-0.25, -0.2) is 13.1 Å². The number of anilines is 1. The zero-order valence-electron chi connectivity index (χ0n) is 12.9. The molecule has 7 heteroatoms. The van der Waals surface area contributed by atoms with Crippen molar-refractivity contribution in [2.24, 2.45) is 5.41 Å². The Labute approximate surface area is 125 Å². The molecule has 0 spiro atoms. The van der Waals surface area contributed by atoms with Crippen LogP contribution < -0.4 is 10.0 Å². The summed E-state index contributed by atoms with van der Waals surface area (Å²) in [5.41, 5.74) is -1.06. The van der Waals surface area contributed by atoms with Crippen LogP contribution in [-0.4, -0.2) is 32.1 Å². The number of sulfonamides is 1. The topological polar surface area (TPSA) is 95.5 Å². The minimum Gasteiger partial charge on any atom is -0.481 e. The number of aliphatic carboxylic acids is 1. The van der Waals surface area contributed by atoms with Gasteiger partial charge >= 0.3 is 5.97 Å². The second-order valence-electron chi connectivity index (χ2n) is 5.91. The van der Waals surface area contributed by atoms with Crippen molar-refractivity contribution in [2.75, 3.05) is 12.4 Å². The van der Waals surface area contributed by atoms with Crippen molar-refractivity contribution in [2.45, 2.75) is 38.1 Å². The molecular weight excluding hydrogens is 292 g/mol. The van der Waals surface area contributed by atoms with Crippen LogP contribution in [0.2, 0.25) is 0 Å². The summed E-state index contributed by atoms with van der Waals surface area (Å²) in [6.07, 6.45) is 0. The summed E-state index contributed by atoms with van der Waals surface area (Å²) in [6, 6.07) is 6.17. The normalized spacial score (nSPS) is 13.0. The van der Waals surface area contributed by atoms with Crippen LogP contribution in [0.15, 0.2) is 29.2 Å². The lowest BCUT2D eigenvalue weighted by atomic mass is 9.74. The van der Waals surface area contributed by atoms with E-state index >= 15 is 0 Å². The number of hydrogen-bond acceptors (Lipinski definition) is 4. The van der Waals surface area contributed by atoms with Crippen LogP contribution in [0.1, 0.15) is 27.7 Å². The largest absolute Gasteiger partial charge is 0.481 e. The molecule has 0 aliphatic rings. The van der Waals surface area contributed by atoms with Crippen molar-refractivity contribution in [1.82, 2.24) is 4.72 Å². The smallest absolute Gasteiger partial charge is 0.311 e. The van der Waals surface area contributed by atoms with Gasteiger partial charge in [0.15, 0.2) is 0 Å². The molecule has 0 unspecified atom stereocenters. The van der Waals surface area contributed by atoms with Gasteiger partial charge < -0.3 is 10.4 Å². The van der Waals surface area contributed by atoms with E-state index in [-0.39, 0.29) is 4.90 Å². The minimum atomic E-state index is -3.47. The molecule has 6 nitrogen and oxygen atoms in total. The third kappa shape index (κ3) is 3.54. The summed E-state index contributed by atoms with van der Waals surface area (Å²) in [6.45, 7) is 6.86. The van der Waals surface area contributed by atoms with Gasteiger partial charge in [-0.15, -0.1) is 0 Å². The highest BCUT2D eigenvalue weighted by molar-refractivity contribution is 7.89. The molecule has 0 aromatic heterocycles. The lowest BCUT2D eigenvalue weighted by Gasteiger charge is -2.39. The zero-order chi connectivity index (χ0) is 16.5. The Kier molecular flexibility index (Phi) is 4.70. The number of carboxylic acids is 1. The molecule has 21 heavy (non-hydrogen) atoms. The minimum absolute atomic E-state index is 0.158. The lowest BCUT2D eigenvalue weighted by molar-refractivity contribution is -0.149. The highest BCUT2D eigenvalue weighted by Gasteiger charge is 2.43. The van der Waals surface area contributed by atoms with Gasteiger partial charge in [0.2, 0.25) is 10.0 Å². The van der Waals surface area contributed by atoms with Crippen LogP contribution in [-0.2, 0) is 14.8 Å². The second-order valence-corrected chi connectivity index (χ2v) is 7.80. The Morgan fingerprint density at radius 1 is 1.10 bits per heavy atom. The summed E-state index contributed by atoms with van der Waals surface area (Å²) in [5.74, 6) is -0.908. The molecule has 0 aliphatic heterocycles. The Balaban J connectivity index is 3.03. The number of benzene rings is 1. The average Bonchev–Trinajstić information content (AvgIpc) is 2.38. The number of nitrogens with one attached hydrogen (secondary N) is 2. The van der Waals surface area contributed by atoms with Crippen LogP contribution >= 0.6 is 0 Å². The Bertz CT molecular complexity index is 619. The van der Waals surface area contributed by atoms with Gasteiger partial charge in [0.05, 0.1) is 10.3 Å². The zero-order valence-corrected chi connectivity index (χ0v) is 13.7. The quantitative estimate of drug-likeness (QED) is 0.745. The second kappa shape index (κ2) is 5.65. The maximum Gasteiger partial charge on any atom is 0.311 e. The van der Waals surface area contributed by atoms with Crippen LogP contribution in [0.4, 0.5) is 5.69 Å². The van der Waals surface area contributed by atoms with Crippen molar-refractivity contribution in [3.05, 3.63) is 24.3 Å². The van der Waals surface area contributed by atoms with E-state index in [4.69, 9.17) is 0 Å². The van der Waals surface area contributed by atoms with Gasteiger partial charge in [0.25, 0.3) is 0 Å². The van der Waals surface area contributed by atoms with Crippen molar-refractivity contribution in [3.8, 4) is 0 Å². The fourth-order valence-corrected chi connectivity index (χ4v) is 2.35. The Morgan fingerprint density at radius 2 is 1.57 bits per heavy atom. The number of rotatable bonds is 6. The van der Waals surface area contributed by atoms with Crippen molar-refractivity contribution in [1.29, 1.82) is 0 Å². The van der Waals surface area contributed by atoms with Crippen molar-refractivity contribution >= 4 is 21.7 Å². The number of hydrogen-bond donors (Lipinski definition) is 3. The molecular formula is C14H22N2O4S. The first-order valence-electron chi connectivity index (χ1n) is 6.49. The third-order valence-electron chi connectivity index (χ3n) is 3.99. The third-order valence-corrected chi connectivity index (χ3v) is 5.42. The first-order valence-corrected chi connectivity index (χ1v) is 7.97. The maximum absolute atomic E-state index is 11.6. The van der Waals surface area contributed by atoms with E-state index in [0.717, 1.165) is 0 Å². The van der Waals surface area contributed by atoms with E-state index in [1.54, 1.807) is 39.8 Å². The summed E-state index contributed by atoms with van der Waals surface area (Å²) < 4.78 is 25.5. The Morgan fingerprint density at radius 3 is 1.95 bits per heavy atom. The van der Waals surface area contributed by atoms with Crippen LogP contribution in [0.5, 0.6) is 0 Å². The molecule has 0 aliphatic carbocycles. The number of carbonyl (C=O) groups is 1. The van der Waals surface area contributed by atoms with E-state index in [1.807, 2.05) is 0 Å². The van der Waals surface area contributed by atoms with Crippen LogP contribution in [0, 0.1) is 5.41 Å². The van der Waals surface area contributed by atoms with E-state index in [9.17, 15) is 18.3 Å². The van der Waals surface area contributed by atoms with Gasteiger partial charge in [-0.1, -0.05) is 0 Å². The van der Waals surface area contributed by atoms with Crippen LogP contribution in [0.3, 0.4) is 0 Å². The Hall–Kier alpha value is -1.60. The van der Waals surface area contributed by atoms with Gasteiger partial charge in [0.1, 0.15) is 0 Å². The van der Waals surface area contributed by atoms with Crippen LogP contribution in [0.25, 0.3) is 0 Å². The van der Waals surface area contributed by atoms with Gasteiger partial charge in [0, 0.05) is 11.2 Å². The van der Waals surface area contributed by atoms with Gasteiger partial charge in [-0.3, -0.25) is 4.79 Å². The lowest BCUT2D eigenvalue weighted by Crippen LogP contribution is -2.50. The molecule has 118 valence electrons. The van der Waals surface area contributed by atoms with Crippen molar-refractivity contribution in [3.63, 3.8) is 0 Å². The molecule has 0 saturated heterocycles. The van der Waals surface area contributed by atoms with Gasteiger partial charge in [-0.05, 0) is 59.0 Å². The van der Waals surface area contributed by atoms with E-state index in [0.29, 0.717) is 5.69 Å². The highest BCUT2D eigenvalue weighted by atomic mass is 32.2. The molecule has 1 aromatic rings. The SMILES string of the molecule is CNS(=O)(=O)c1ccc(NC(C)(C)C(C)(C)C(=O)O)cc1. The summed E-state index contributed by atoms with van der Waals surface area (Å²) in [4.78, 5) is 11.5. The standard InChI is InChI=1S/C14H22N2O4S/c1-13(2,12(17)18)14(3,4)16-10-6-8-11(9-7-10)21(19,20)15-5/h6-9,15-16H,1-5H3,(H,17,18). The summed E-state index contributed by atoms with van der Waals surface area (Å²) in [5, 5.41) is 12.5. The molecule has 1 rings (SSSR count). The average molecular weight is 314 g/mol. The number of carboxylic acid groups (broad SMARTS) is 1. The highest BCUT2D eigenvalue weighted by Crippen LogP contribution is 2.34. The monoisotopic (exact) mass is 314 g/mol. The van der Waals surface area contributed by atoms with Gasteiger partial charge in [-0.2, -0.15) is 0 Å². The first-order chi connectivity index (χ1) is 9.44. The molecule has 0 heterocycles. The van der Waals surface area contributed by atoms with E-state index in [1.165, 1.54) is 19.2 Å². The fourth-order valence-electron chi connectivity index (χ4n) is 1.62. The van der Waals surface area contributed by atoms with E-state index < -0.39 is 26.9 Å². The molecule has 0 amide bonds. The molecule has 0 fully saturated rings. The summed E-state index contributed by atoms with van der Waals surface area (Å²) in [7, 11) is -2.13. The molecule has 0 bridgehead atoms. The van der Waals surface area contributed by atoms with E-state index in [2.05, 4.69) is 10.0 Å². The molecule has 1 aromatic carbocycles. The molecule has 3 N–H and O–H groups in total. The van der Waals surface area contributed by atoms with Crippen molar-refractivity contribution < 1.29 is 18.3 Å². The predicted octanol–water partition coefficient (Wildman–Crippen LogP) is 1.90. The molecule has 0 saturated carbocycles.